The van der Waals surface area contributed by atoms with Crippen molar-refractivity contribution in [1.82, 2.24) is 10.6 Å². The largest absolute Gasteiger partial charge is 0.376 e. The number of hydrogen-bond acceptors (Lipinski definition) is 5. The molecule has 1 aromatic heterocycles. The average molecular weight is 496 g/mol. The molecule has 7 nitrogen and oxygen atoms in total. The molecule has 4 rings (SSSR count). The van der Waals surface area contributed by atoms with E-state index in [-0.39, 0.29) is 18.6 Å². The van der Waals surface area contributed by atoms with Gasteiger partial charge in [0.1, 0.15) is 11.9 Å². The summed E-state index contributed by atoms with van der Waals surface area (Å²) in [4.78, 5) is 41.2. The van der Waals surface area contributed by atoms with Gasteiger partial charge in [0.2, 0.25) is 11.8 Å². The molecule has 1 aliphatic heterocycles. The third-order valence-electron chi connectivity index (χ3n) is 5.67. The van der Waals surface area contributed by atoms with Crippen LogP contribution in [0.5, 0.6) is 0 Å². The van der Waals surface area contributed by atoms with Crippen LogP contribution in [0.25, 0.3) is 0 Å². The predicted molar refractivity (Wildman–Crippen MR) is 132 cm³/mol. The molecule has 9 heteroatoms. The van der Waals surface area contributed by atoms with Crippen molar-refractivity contribution >= 4 is 34.7 Å². The molecule has 182 valence electrons. The number of ether oxygens (including phenoxy) is 1. The van der Waals surface area contributed by atoms with Crippen molar-refractivity contribution in [2.45, 2.75) is 25.0 Å². The van der Waals surface area contributed by atoms with Crippen molar-refractivity contribution in [3.05, 3.63) is 88.4 Å². The van der Waals surface area contributed by atoms with Gasteiger partial charge in [0.05, 0.1) is 17.5 Å². The first-order valence-electron chi connectivity index (χ1n) is 11.4. The van der Waals surface area contributed by atoms with Gasteiger partial charge in [0.25, 0.3) is 5.91 Å². The minimum absolute atomic E-state index is 0.0737. The van der Waals surface area contributed by atoms with E-state index in [0.717, 1.165) is 12.8 Å². The Morgan fingerprint density at radius 2 is 1.80 bits per heavy atom. The Bertz CT molecular complexity index is 1130. The first-order valence-corrected chi connectivity index (χ1v) is 12.2. The number of amides is 3. The summed E-state index contributed by atoms with van der Waals surface area (Å²) in [6, 6.07) is 16.6. The molecule has 1 fully saturated rings. The normalized spacial score (nSPS) is 15.9. The van der Waals surface area contributed by atoms with E-state index >= 15 is 0 Å². The van der Waals surface area contributed by atoms with Crippen molar-refractivity contribution in [2.75, 3.05) is 24.6 Å². The molecular weight excluding hydrogens is 469 g/mol. The van der Waals surface area contributed by atoms with Gasteiger partial charge in [0, 0.05) is 18.8 Å². The number of carbonyl (C=O) groups is 3. The molecule has 1 aliphatic rings. The Morgan fingerprint density at radius 1 is 1.03 bits per heavy atom. The number of benzene rings is 2. The van der Waals surface area contributed by atoms with Gasteiger partial charge in [-0.1, -0.05) is 36.4 Å². The van der Waals surface area contributed by atoms with Gasteiger partial charge in [0.15, 0.2) is 0 Å². The Labute approximate surface area is 206 Å². The summed E-state index contributed by atoms with van der Waals surface area (Å²) < 4.78 is 19.3. The summed E-state index contributed by atoms with van der Waals surface area (Å²) in [5.41, 5.74) is 0.919. The van der Waals surface area contributed by atoms with Crippen LogP contribution < -0.4 is 15.5 Å². The highest BCUT2D eigenvalue weighted by Gasteiger charge is 2.33. The SMILES string of the molecule is O=C(NCC(=O)N(c1ccc(F)cc1)C(C(=O)NCC1CCCO1)c1ccccc1)c1cccs1. The molecule has 3 aromatic rings. The first-order chi connectivity index (χ1) is 17.0. The van der Waals surface area contributed by atoms with E-state index < -0.39 is 23.7 Å². The summed E-state index contributed by atoms with van der Waals surface area (Å²) in [5, 5.41) is 7.30. The number of halogens is 1. The Balaban J connectivity index is 1.62. The number of hydrogen-bond donors (Lipinski definition) is 2. The van der Waals surface area contributed by atoms with Gasteiger partial charge >= 0.3 is 0 Å². The monoisotopic (exact) mass is 495 g/mol. The van der Waals surface area contributed by atoms with Crippen molar-refractivity contribution < 1.29 is 23.5 Å². The van der Waals surface area contributed by atoms with E-state index in [1.165, 1.54) is 40.5 Å². The zero-order valence-electron chi connectivity index (χ0n) is 19.0. The molecule has 0 spiro atoms. The molecule has 2 N–H and O–H groups in total. The fourth-order valence-electron chi connectivity index (χ4n) is 3.94. The van der Waals surface area contributed by atoms with Crippen molar-refractivity contribution in [2.24, 2.45) is 0 Å². The highest BCUT2D eigenvalue weighted by atomic mass is 32.1. The molecule has 0 aliphatic carbocycles. The van der Waals surface area contributed by atoms with Crippen LogP contribution in [0, 0.1) is 5.82 Å². The van der Waals surface area contributed by atoms with Crippen LogP contribution in [0.3, 0.4) is 0 Å². The molecule has 1 saturated heterocycles. The van der Waals surface area contributed by atoms with Crippen molar-refractivity contribution in [3.63, 3.8) is 0 Å². The molecule has 35 heavy (non-hydrogen) atoms. The van der Waals surface area contributed by atoms with Crippen LogP contribution in [-0.4, -0.2) is 43.5 Å². The Kier molecular flexibility index (Phi) is 8.23. The van der Waals surface area contributed by atoms with Gasteiger partial charge in [-0.15, -0.1) is 11.3 Å². The van der Waals surface area contributed by atoms with E-state index in [4.69, 9.17) is 4.74 Å². The minimum Gasteiger partial charge on any atom is -0.376 e. The first kappa shape index (κ1) is 24.6. The molecule has 0 radical (unpaired) electrons. The molecular formula is C26H26FN3O4S. The zero-order chi connectivity index (χ0) is 24.6. The number of rotatable bonds is 9. The second kappa shape index (κ2) is 11.7. The van der Waals surface area contributed by atoms with Gasteiger partial charge in [-0.25, -0.2) is 4.39 Å². The second-order valence-corrected chi connectivity index (χ2v) is 9.04. The van der Waals surface area contributed by atoms with Gasteiger partial charge < -0.3 is 15.4 Å². The molecule has 2 heterocycles. The minimum atomic E-state index is -1.03. The molecule has 0 saturated carbocycles. The van der Waals surface area contributed by atoms with Crippen molar-refractivity contribution in [3.8, 4) is 0 Å². The second-order valence-electron chi connectivity index (χ2n) is 8.09. The number of nitrogens with one attached hydrogen (secondary N) is 2. The summed E-state index contributed by atoms with van der Waals surface area (Å²) in [6.45, 7) is 0.645. The zero-order valence-corrected chi connectivity index (χ0v) is 19.8. The Hall–Kier alpha value is -3.56. The van der Waals surface area contributed by atoms with Gasteiger partial charge in [-0.2, -0.15) is 0 Å². The number of nitrogens with zero attached hydrogens (tertiary/aromatic N) is 1. The van der Waals surface area contributed by atoms with E-state index in [1.807, 2.05) is 6.07 Å². The summed E-state index contributed by atoms with van der Waals surface area (Å²) in [6.07, 6.45) is 1.72. The lowest BCUT2D eigenvalue weighted by Crippen LogP contribution is -2.48. The van der Waals surface area contributed by atoms with E-state index in [0.29, 0.717) is 29.3 Å². The van der Waals surface area contributed by atoms with Crippen LogP contribution in [-0.2, 0) is 14.3 Å². The molecule has 2 aromatic carbocycles. The summed E-state index contributed by atoms with van der Waals surface area (Å²) in [7, 11) is 0. The summed E-state index contributed by atoms with van der Waals surface area (Å²) >= 11 is 1.26. The fourth-order valence-corrected chi connectivity index (χ4v) is 4.58. The predicted octanol–water partition coefficient (Wildman–Crippen LogP) is 3.69. The molecule has 2 unspecified atom stereocenters. The van der Waals surface area contributed by atoms with E-state index in [1.54, 1.807) is 41.8 Å². The van der Waals surface area contributed by atoms with Crippen LogP contribution in [0.4, 0.5) is 10.1 Å². The number of anilines is 1. The van der Waals surface area contributed by atoms with Crippen LogP contribution >= 0.6 is 11.3 Å². The topological polar surface area (TPSA) is 87.7 Å². The lowest BCUT2D eigenvalue weighted by atomic mass is 10.0. The van der Waals surface area contributed by atoms with E-state index in [2.05, 4.69) is 10.6 Å². The number of carbonyl (C=O) groups excluding carboxylic acids is 3. The third-order valence-corrected chi connectivity index (χ3v) is 6.54. The van der Waals surface area contributed by atoms with Gasteiger partial charge in [-0.05, 0) is 54.1 Å². The lowest BCUT2D eigenvalue weighted by molar-refractivity contribution is -0.126. The molecule has 2 atom stereocenters. The highest BCUT2D eigenvalue weighted by molar-refractivity contribution is 7.12. The van der Waals surface area contributed by atoms with Crippen LogP contribution in [0.1, 0.15) is 34.1 Å². The smallest absolute Gasteiger partial charge is 0.261 e. The standard InChI is InChI=1S/C26H26FN3O4S/c27-19-10-12-20(13-11-19)30(23(31)17-29-25(32)22-9-5-15-35-22)24(18-6-2-1-3-7-18)26(33)28-16-21-8-4-14-34-21/h1-3,5-7,9-13,15,21,24H,4,8,14,16-17H2,(H,28,33)(H,29,32). The fraction of sp³-hybridized carbons (Fsp3) is 0.269. The highest BCUT2D eigenvalue weighted by Crippen LogP contribution is 2.28. The maximum Gasteiger partial charge on any atom is 0.261 e. The number of thiophene rings is 1. The molecule has 3 amide bonds. The van der Waals surface area contributed by atoms with Crippen molar-refractivity contribution in [1.29, 1.82) is 0 Å². The maximum atomic E-state index is 13.7. The molecule has 0 bridgehead atoms. The average Bonchev–Trinajstić information content (AvgIpc) is 3.60. The summed E-state index contributed by atoms with van der Waals surface area (Å²) in [5.74, 6) is -1.76. The van der Waals surface area contributed by atoms with E-state index in [9.17, 15) is 18.8 Å². The van der Waals surface area contributed by atoms with Gasteiger partial charge in [-0.3, -0.25) is 19.3 Å². The lowest BCUT2D eigenvalue weighted by Gasteiger charge is -2.32. The van der Waals surface area contributed by atoms with Crippen LogP contribution in [0.2, 0.25) is 0 Å². The third kappa shape index (κ3) is 6.32. The van der Waals surface area contributed by atoms with Crippen LogP contribution in [0.15, 0.2) is 72.1 Å². The quantitative estimate of drug-likeness (QED) is 0.474. The Morgan fingerprint density at radius 3 is 2.46 bits per heavy atom. The maximum absolute atomic E-state index is 13.7.